The monoisotopic (exact) mass is 747 g/mol. The van der Waals surface area contributed by atoms with Crippen molar-refractivity contribution in [2.75, 3.05) is 27.4 Å². The van der Waals surface area contributed by atoms with Gasteiger partial charge in [-0.15, -0.1) is 0 Å². The zero-order chi connectivity index (χ0) is 33.3. The summed E-state index contributed by atoms with van der Waals surface area (Å²) in [6, 6.07) is 12.6. The summed E-state index contributed by atoms with van der Waals surface area (Å²) >= 11 is 2.19. The molecular formula is C34H60BINO6P. The molecule has 10 heteroatoms. The SMILES string of the molecule is C.C.CC.CC(C)(C)c1ccccc1O.COC(=O)CC(COC=O)N(C)C(C)c1cccc(C(C)(C)C)c1O.[B]P(C)I. The fourth-order valence-corrected chi connectivity index (χ4v) is 3.89. The Bertz CT molecular complexity index is 1050. The molecule has 44 heavy (non-hydrogen) atoms. The van der Waals surface area contributed by atoms with Gasteiger partial charge in [-0.25, -0.2) is 0 Å². The second-order valence-corrected chi connectivity index (χ2v) is 17.1. The Hall–Kier alpha value is -1.84. The lowest BCUT2D eigenvalue weighted by Crippen LogP contribution is -2.39. The van der Waals surface area contributed by atoms with Crippen LogP contribution in [-0.4, -0.2) is 68.6 Å². The summed E-state index contributed by atoms with van der Waals surface area (Å²) < 4.78 is 9.59. The normalized spacial score (nSPS) is 12.4. The largest absolute Gasteiger partial charge is 0.508 e. The average molecular weight is 748 g/mol. The minimum Gasteiger partial charge on any atom is -0.508 e. The second kappa shape index (κ2) is 24.4. The molecule has 0 aromatic heterocycles. The van der Waals surface area contributed by atoms with Crippen LogP contribution >= 0.6 is 27.5 Å². The quantitative estimate of drug-likeness (QED) is 0.0914. The maximum atomic E-state index is 11.7. The van der Waals surface area contributed by atoms with Crippen LogP contribution in [0.1, 0.15) is 106 Å². The third-order valence-corrected chi connectivity index (χ3v) is 6.21. The molecule has 2 aromatic rings. The van der Waals surface area contributed by atoms with Crippen LogP contribution in [0.25, 0.3) is 0 Å². The van der Waals surface area contributed by atoms with Gasteiger partial charge in [0.2, 0.25) is 0 Å². The standard InChI is InChI=1S/C19H29NO5.C10H14O.C2H6.CH3BIP.2CH4/c1-13(15-8-7-9-16(18(15)23)19(2,3)4)20(5)14(11-25-12-21)10-17(22)24-6;1-10(2,3)8-6-4-5-7-9(8)11;1-2;1-4(2)3;;/h7-9,12-14,23H,10-11H2,1-6H3;4-7,11H,1-3H3;1-2H3;1H3;2*1H4. The van der Waals surface area contributed by atoms with Gasteiger partial charge in [0.25, 0.3) is 6.47 Å². The number of likely N-dealkylation sites (N-methyl/N-ethyl adjacent to an activating group) is 1. The van der Waals surface area contributed by atoms with Gasteiger partial charge >= 0.3 is 5.97 Å². The third kappa shape index (κ3) is 18.9. The number of ether oxygens (including phenoxy) is 2. The molecule has 0 aliphatic heterocycles. The first kappa shape index (κ1) is 49.1. The summed E-state index contributed by atoms with van der Waals surface area (Å²) in [5, 5.41) is 20.2. The number of phenolic OH excluding ortho intramolecular Hbond substituents is 2. The maximum absolute atomic E-state index is 11.7. The Morgan fingerprint density at radius 3 is 1.84 bits per heavy atom. The summed E-state index contributed by atoms with van der Waals surface area (Å²) in [5.41, 5.74) is 2.31. The van der Waals surface area contributed by atoms with E-state index in [0.29, 0.717) is 12.2 Å². The van der Waals surface area contributed by atoms with Crippen LogP contribution in [0.3, 0.4) is 0 Å². The Labute approximate surface area is 285 Å². The molecule has 2 N–H and O–H groups in total. The molecule has 0 heterocycles. The number of esters is 1. The van der Waals surface area contributed by atoms with E-state index in [2.05, 4.69) is 42.8 Å². The molecule has 0 saturated carbocycles. The van der Waals surface area contributed by atoms with E-state index in [-0.39, 0.29) is 68.0 Å². The maximum Gasteiger partial charge on any atom is 0.307 e. The summed E-state index contributed by atoms with van der Waals surface area (Å²) in [6.07, 6.45) is 0.0882. The molecule has 0 fully saturated rings. The summed E-state index contributed by atoms with van der Waals surface area (Å²) in [5.74, 6) is 0.258. The highest BCUT2D eigenvalue weighted by Crippen LogP contribution is 2.37. The lowest BCUT2D eigenvalue weighted by Gasteiger charge is -2.33. The fourth-order valence-electron chi connectivity index (χ4n) is 3.89. The van der Waals surface area contributed by atoms with Gasteiger partial charge < -0.3 is 19.7 Å². The van der Waals surface area contributed by atoms with Crippen molar-refractivity contribution in [3.63, 3.8) is 0 Å². The van der Waals surface area contributed by atoms with Crippen LogP contribution in [-0.2, 0) is 29.9 Å². The average Bonchev–Trinajstić information content (AvgIpc) is 2.90. The van der Waals surface area contributed by atoms with Crippen molar-refractivity contribution < 1.29 is 29.3 Å². The van der Waals surface area contributed by atoms with E-state index < -0.39 is 0 Å². The number of methoxy groups -OCH3 is 1. The van der Waals surface area contributed by atoms with E-state index in [1.165, 1.54) is 7.11 Å². The molecule has 0 aliphatic carbocycles. The van der Waals surface area contributed by atoms with E-state index in [0.717, 1.165) is 16.7 Å². The van der Waals surface area contributed by atoms with Gasteiger partial charge in [0.1, 0.15) is 25.7 Å². The number of para-hydroxylation sites is 2. The number of rotatable bonds is 8. The first-order valence-electron chi connectivity index (χ1n) is 14.0. The summed E-state index contributed by atoms with van der Waals surface area (Å²) in [7, 11) is 8.31. The molecule has 2 aromatic carbocycles. The van der Waals surface area contributed by atoms with Crippen LogP contribution in [0, 0.1) is 0 Å². The minimum absolute atomic E-state index is 0. The van der Waals surface area contributed by atoms with Crippen LogP contribution < -0.4 is 0 Å². The number of hydrogen-bond donors (Lipinski definition) is 2. The number of aromatic hydroxyl groups is 2. The van der Waals surface area contributed by atoms with Crippen molar-refractivity contribution >= 4 is 47.5 Å². The number of nitrogens with zero attached hydrogens (tertiary/aromatic N) is 1. The van der Waals surface area contributed by atoms with Crippen LogP contribution in [0.4, 0.5) is 0 Å². The second-order valence-electron chi connectivity index (χ2n) is 11.5. The van der Waals surface area contributed by atoms with Gasteiger partial charge in [-0.3, -0.25) is 14.5 Å². The molecular weight excluding hydrogens is 687 g/mol. The first-order chi connectivity index (χ1) is 19.4. The van der Waals surface area contributed by atoms with E-state index >= 15 is 0 Å². The van der Waals surface area contributed by atoms with Crippen molar-refractivity contribution in [1.29, 1.82) is 0 Å². The number of carbonyl (C=O) groups excluding carboxylic acids is 2. The third-order valence-electron chi connectivity index (χ3n) is 6.21. The topological polar surface area (TPSA) is 96.3 Å². The zero-order valence-corrected chi connectivity index (χ0v) is 30.6. The van der Waals surface area contributed by atoms with Crippen LogP contribution in [0.5, 0.6) is 11.5 Å². The highest BCUT2D eigenvalue weighted by Gasteiger charge is 2.28. The summed E-state index contributed by atoms with van der Waals surface area (Å²) in [6.45, 7) is 20.7. The molecule has 2 radical (unpaired) electrons. The van der Waals surface area contributed by atoms with Gasteiger partial charge in [-0.05, 0) is 48.7 Å². The van der Waals surface area contributed by atoms with Gasteiger partial charge in [0, 0.05) is 11.6 Å². The number of phenols is 2. The van der Waals surface area contributed by atoms with Gasteiger partial charge in [-0.2, -0.15) is 0 Å². The van der Waals surface area contributed by atoms with E-state index in [4.69, 9.17) is 17.0 Å². The smallest absolute Gasteiger partial charge is 0.307 e. The molecule has 3 atom stereocenters. The van der Waals surface area contributed by atoms with Crippen molar-refractivity contribution in [3.8, 4) is 11.5 Å². The molecule has 3 unspecified atom stereocenters. The molecule has 7 nitrogen and oxygen atoms in total. The number of benzene rings is 2. The molecule has 0 bridgehead atoms. The Balaban J connectivity index is -0.000000350. The zero-order valence-electron chi connectivity index (χ0n) is 27.6. The van der Waals surface area contributed by atoms with Crippen molar-refractivity contribution in [3.05, 3.63) is 59.2 Å². The number of halogens is 1. The highest BCUT2D eigenvalue weighted by molar-refractivity contribution is 14.2. The molecule has 0 amide bonds. The number of carbonyl (C=O) groups is 2. The van der Waals surface area contributed by atoms with Crippen molar-refractivity contribution in [2.45, 2.75) is 107 Å². The van der Waals surface area contributed by atoms with Crippen LogP contribution in [0.15, 0.2) is 42.5 Å². The number of hydrogen-bond acceptors (Lipinski definition) is 7. The van der Waals surface area contributed by atoms with Gasteiger partial charge in [-0.1, -0.05) is 134 Å². The van der Waals surface area contributed by atoms with E-state index in [1.807, 2.05) is 96.6 Å². The first-order valence-corrected chi connectivity index (χ1v) is 18.6. The van der Waals surface area contributed by atoms with Crippen molar-refractivity contribution in [1.82, 2.24) is 4.90 Å². The predicted molar refractivity (Wildman–Crippen MR) is 200 cm³/mol. The Kier molecular flexibility index (Phi) is 27.2. The Morgan fingerprint density at radius 2 is 1.45 bits per heavy atom. The Morgan fingerprint density at radius 1 is 1.00 bits per heavy atom. The summed E-state index contributed by atoms with van der Waals surface area (Å²) in [4.78, 5) is 24.1. The van der Waals surface area contributed by atoms with Gasteiger partial charge in [0.15, 0.2) is 0 Å². The molecule has 252 valence electrons. The molecule has 0 aliphatic rings. The van der Waals surface area contributed by atoms with E-state index in [9.17, 15) is 19.8 Å². The van der Waals surface area contributed by atoms with E-state index in [1.54, 1.807) is 6.07 Å². The van der Waals surface area contributed by atoms with Crippen LogP contribution in [0.2, 0.25) is 0 Å². The lowest BCUT2D eigenvalue weighted by molar-refractivity contribution is -0.144. The molecule has 0 spiro atoms. The fraction of sp³-hybridized carbons (Fsp3) is 0.588. The van der Waals surface area contributed by atoms with Crippen molar-refractivity contribution in [2.24, 2.45) is 0 Å². The highest BCUT2D eigenvalue weighted by atomic mass is 127. The molecule has 2 rings (SSSR count). The minimum atomic E-state index is -0.383. The molecule has 0 saturated heterocycles. The van der Waals surface area contributed by atoms with Gasteiger partial charge in [0.05, 0.1) is 19.6 Å². The lowest BCUT2D eigenvalue weighted by atomic mass is 9.84. The predicted octanol–water partition coefficient (Wildman–Crippen LogP) is 9.31.